The minimum Gasteiger partial charge on any atom is -0.467 e. The largest absolute Gasteiger partial charge is 0.467 e. The summed E-state index contributed by atoms with van der Waals surface area (Å²) in [5.74, 6) is 1.11. The summed E-state index contributed by atoms with van der Waals surface area (Å²) in [5, 5.41) is 10.5. The Morgan fingerprint density at radius 2 is 2.06 bits per heavy atom. The molecule has 0 spiro atoms. The molecule has 84 valence electrons. The Balaban J connectivity index is 1.95. The maximum absolute atomic E-state index is 9.80. The highest BCUT2D eigenvalue weighted by molar-refractivity contribution is 7.99. The predicted molar refractivity (Wildman–Crippen MR) is 65.8 cm³/mol. The summed E-state index contributed by atoms with van der Waals surface area (Å²) in [6, 6.07) is 11.1. The van der Waals surface area contributed by atoms with Crippen LogP contribution in [0.1, 0.15) is 11.9 Å². The van der Waals surface area contributed by atoms with E-state index in [1.807, 2.05) is 24.3 Å². The van der Waals surface area contributed by atoms with Crippen LogP contribution in [-0.2, 0) is 0 Å². The van der Waals surface area contributed by atoms with Crippen molar-refractivity contribution >= 4 is 23.4 Å². The van der Waals surface area contributed by atoms with E-state index in [2.05, 4.69) is 0 Å². The second-order valence-corrected chi connectivity index (χ2v) is 4.74. The van der Waals surface area contributed by atoms with Crippen LogP contribution in [0.15, 0.2) is 52.0 Å². The van der Waals surface area contributed by atoms with Gasteiger partial charge in [-0.05, 0) is 24.3 Å². The maximum atomic E-state index is 9.80. The van der Waals surface area contributed by atoms with E-state index < -0.39 is 6.10 Å². The standard InChI is InChI=1S/C12H11ClO2S/c13-9-4-1-2-6-12(9)16-8-10(14)11-5-3-7-15-11/h1-7,10,14H,8H2. The summed E-state index contributed by atoms with van der Waals surface area (Å²) in [4.78, 5) is 0.967. The number of rotatable bonds is 4. The molecule has 4 heteroatoms. The number of halogens is 1. The second kappa shape index (κ2) is 5.43. The summed E-state index contributed by atoms with van der Waals surface area (Å²) in [6.45, 7) is 0. The molecule has 1 aromatic heterocycles. The monoisotopic (exact) mass is 254 g/mol. The molecule has 0 aliphatic carbocycles. The third-order valence-electron chi connectivity index (χ3n) is 2.10. The fourth-order valence-corrected chi connectivity index (χ4v) is 2.48. The lowest BCUT2D eigenvalue weighted by Crippen LogP contribution is -1.98. The Labute approximate surface area is 103 Å². The SMILES string of the molecule is OC(CSc1ccccc1Cl)c1ccco1. The summed E-state index contributed by atoms with van der Waals surface area (Å²) < 4.78 is 5.12. The van der Waals surface area contributed by atoms with Crippen molar-refractivity contribution in [3.63, 3.8) is 0 Å². The number of aliphatic hydroxyl groups is 1. The molecule has 2 rings (SSSR count). The molecular formula is C12H11ClO2S. The van der Waals surface area contributed by atoms with Gasteiger partial charge in [-0.25, -0.2) is 0 Å². The zero-order chi connectivity index (χ0) is 11.4. The number of benzene rings is 1. The van der Waals surface area contributed by atoms with Crippen molar-refractivity contribution in [2.24, 2.45) is 0 Å². The van der Waals surface area contributed by atoms with Gasteiger partial charge in [-0.2, -0.15) is 0 Å². The first-order valence-electron chi connectivity index (χ1n) is 4.86. The Hall–Kier alpha value is -0.900. The van der Waals surface area contributed by atoms with Gasteiger partial charge in [-0.1, -0.05) is 23.7 Å². The van der Waals surface area contributed by atoms with Gasteiger partial charge in [0.2, 0.25) is 0 Å². The molecule has 0 saturated heterocycles. The van der Waals surface area contributed by atoms with Crippen LogP contribution in [0, 0.1) is 0 Å². The van der Waals surface area contributed by atoms with E-state index in [1.54, 1.807) is 18.4 Å². The molecule has 0 aliphatic heterocycles. The van der Waals surface area contributed by atoms with Gasteiger partial charge in [0.05, 0.1) is 11.3 Å². The summed E-state index contributed by atoms with van der Waals surface area (Å²) in [5.41, 5.74) is 0. The Morgan fingerprint density at radius 1 is 1.25 bits per heavy atom. The van der Waals surface area contributed by atoms with Crippen molar-refractivity contribution in [2.45, 2.75) is 11.0 Å². The zero-order valence-electron chi connectivity index (χ0n) is 8.47. The van der Waals surface area contributed by atoms with Gasteiger partial charge in [0, 0.05) is 10.6 Å². The molecule has 0 fully saturated rings. The normalized spacial score (nSPS) is 12.6. The molecule has 1 N–H and O–H groups in total. The van der Waals surface area contributed by atoms with Crippen LogP contribution >= 0.6 is 23.4 Å². The molecular weight excluding hydrogens is 244 g/mol. The first-order chi connectivity index (χ1) is 7.77. The third kappa shape index (κ3) is 2.82. The lowest BCUT2D eigenvalue weighted by atomic mass is 10.3. The zero-order valence-corrected chi connectivity index (χ0v) is 10.0. The molecule has 2 aromatic rings. The molecule has 1 unspecified atom stereocenters. The molecule has 0 aliphatic rings. The number of thioether (sulfide) groups is 1. The van der Waals surface area contributed by atoms with Crippen molar-refractivity contribution in [1.29, 1.82) is 0 Å². The quantitative estimate of drug-likeness (QED) is 0.844. The van der Waals surface area contributed by atoms with Crippen LogP contribution in [-0.4, -0.2) is 10.9 Å². The van der Waals surface area contributed by atoms with Crippen molar-refractivity contribution in [1.82, 2.24) is 0 Å². The van der Waals surface area contributed by atoms with Gasteiger partial charge < -0.3 is 9.52 Å². The molecule has 16 heavy (non-hydrogen) atoms. The van der Waals surface area contributed by atoms with Crippen LogP contribution in [0.3, 0.4) is 0 Å². The predicted octanol–water partition coefficient (Wildman–Crippen LogP) is 3.76. The van der Waals surface area contributed by atoms with E-state index in [0.717, 1.165) is 4.90 Å². The minimum atomic E-state index is -0.601. The average molecular weight is 255 g/mol. The van der Waals surface area contributed by atoms with Crippen LogP contribution in [0.5, 0.6) is 0 Å². The van der Waals surface area contributed by atoms with Crippen molar-refractivity contribution < 1.29 is 9.52 Å². The molecule has 0 radical (unpaired) electrons. The number of furan rings is 1. The molecule has 0 amide bonds. The van der Waals surface area contributed by atoms with Gasteiger partial charge in [-0.3, -0.25) is 0 Å². The van der Waals surface area contributed by atoms with Crippen molar-refractivity contribution in [3.05, 3.63) is 53.4 Å². The molecule has 1 heterocycles. The van der Waals surface area contributed by atoms with E-state index in [9.17, 15) is 5.11 Å². The van der Waals surface area contributed by atoms with E-state index in [0.29, 0.717) is 16.5 Å². The smallest absolute Gasteiger partial charge is 0.133 e. The van der Waals surface area contributed by atoms with Gasteiger partial charge in [0.25, 0.3) is 0 Å². The van der Waals surface area contributed by atoms with E-state index in [4.69, 9.17) is 16.0 Å². The fraction of sp³-hybridized carbons (Fsp3) is 0.167. The van der Waals surface area contributed by atoms with E-state index in [1.165, 1.54) is 11.8 Å². The lowest BCUT2D eigenvalue weighted by molar-refractivity contribution is 0.174. The Bertz CT molecular complexity index is 442. The van der Waals surface area contributed by atoms with Crippen LogP contribution in [0.25, 0.3) is 0 Å². The Morgan fingerprint density at radius 3 is 2.75 bits per heavy atom. The van der Waals surface area contributed by atoms with Crippen molar-refractivity contribution in [3.8, 4) is 0 Å². The second-order valence-electron chi connectivity index (χ2n) is 3.27. The minimum absolute atomic E-state index is 0.525. The van der Waals surface area contributed by atoms with E-state index in [-0.39, 0.29) is 0 Å². The highest BCUT2D eigenvalue weighted by Crippen LogP contribution is 2.30. The molecule has 1 atom stereocenters. The average Bonchev–Trinajstić information content (AvgIpc) is 2.81. The number of hydrogen-bond donors (Lipinski definition) is 1. The lowest BCUT2D eigenvalue weighted by Gasteiger charge is -2.08. The maximum Gasteiger partial charge on any atom is 0.133 e. The van der Waals surface area contributed by atoms with Crippen LogP contribution in [0.2, 0.25) is 5.02 Å². The van der Waals surface area contributed by atoms with Gasteiger partial charge in [0.15, 0.2) is 0 Å². The van der Waals surface area contributed by atoms with Gasteiger partial charge in [-0.15, -0.1) is 11.8 Å². The third-order valence-corrected chi connectivity index (χ3v) is 3.70. The highest BCUT2D eigenvalue weighted by atomic mass is 35.5. The summed E-state index contributed by atoms with van der Waals surface area (Å²) in [6.07, 6.45) is 0.954. The summed E-state index contributed by atoms with van der Waals surface area (Å²) >= 11 is 7.52. The molecule has 1 aromatic carbocycles. The molecule has 0 bridgehead atoms. The highest BCUT2D eigenvalue weighted by Gasteiger charge is 2.11. The van der Waals surface area contributed by atoms with E-state index >= 15 is 0 Å². The topological polar surface area (TPSA) is 33.4 Å². The van der Waals surface area contributed by atoms with Gasteiger partial charge in [0.1, 0.15) is 11.9 Å². The first kappa shape index (κ1) is 11.6. The van der Waals surface area contributed by atoms with Crippen LogP contribution < -0.4 is 0 Å². The number of hydrogen-bond acceptors (Lipinski definition) is 3. The number of aliphatic hydroxyl groups excluding tert-OH is 1. The Kier molecular flexibility index (Phi) is 3.93. The summed E-state index contributed by atoms with van der Waals surface area (Å²) in [7, 11) is 0. The van der Waals surface area contributed by atoms with Gasteiger partial charge >= 0.3 is 0 Å². The first-order valence-corrected chi connectivity index (χ1v) is 6.22. The molecule has 0 saturated carbocycles. The van der Waals surface area contributed by atoms with Crippen molar-refractivity contribution in [2.75, 3.05) is 5.75 Å². The van der Waals surface area contributed by atoms with Crippen LogP contribution in [0.4, 0.5) is 0 Å². The molecule has 2 nitrogen and oxygen atoms in total. The fourth-order valence-electron chi connectivity index (χ4n) is 1.29.